The summed E-state index contributed by atoms with van der Waals surface area (Å²) in [6.07, 6.45) is 1.35. The molecule has 0 radical (unpaired) electrons. The van der Waals surface area contributed by atoms with Gasteiger partial charge in [-0.3, -0.25) is 9.89 Å². The first-order valence-electron chi connectivity index (χ1n) is 4.65. The molecule has 17 heavy (non-hydrogen) atoms. The highest BCUT2D eigenvalue weighted by atomic mass is 32.1. The van der Waals surface area contributed by atoms with Crippen LogP contribution in [0.5, 0.6) is 0 Å². The van der Waals surface area contributed by atoms with Crippen LogP contribution in [0.15, 0.2) is 15.4 Å². The maximum atomic E-state index is 12.1. The normalized spacial score (nSPS) is 11.1. The van der Waals surface area contributed by atoms with E-state index in [-0.39, 0.29) is 21.9 Å². The zero-order valence-electron chi connectivity index (χ0n) is 8.59. The lowest BCUT2D eigenvalue weighted by Gasteiger charge is -1.93. The van der Waals surface area contributed by atoms with Crippen LogP contribution >= 0.6 is 12.2 Å². The zero-order chi connectivity index (χ0) is 12.0. The van der Waals surface area contributed by atoms with E-state index in [0.29, 0.717) is 11.6 Å². The Balaban J connectivity index is 2.35. The Morgan fingerprint density at radius 2 is 2.35 bits per heavy atom. The molecule has 0 fully saturated rings. The molecule has 0 bridgehead atoms. The maximum absolute atomic E-state index is 12.1. The van der Waals surface area contributed by atoms with E-state index < -0.39 is 0 Å². The Morgan fingerprint density at radius 1 is 1.53 bits per heavy atom. The summed E-state index contributed by atoms with van der Waals surface area (Å²) in [6, 6.07) is 0. The van der Waals surface area contributed by atoms with Gasteiger partial charge in [-0.2, -0.15) is 9.50 Å². The highest BCUT2D eigenvalue weighted by Crippen LogP contribution is 2.10. The van der Waals surface area contributed by atoms with Crippen molar-refractivity contribution in [2.45, 2.75) is 6.92 Å². The fourth-order valence-corrected chi connectivity index (χ4v) is 1.58. The molecular formula is C8H6N6O2S. The summed E-state index contributed by atoms with van der Waals surface area (Å²) >= 11 is 4.74. The lowest BCUT2D eigenvalue weighted by molar-refractivity contribution is 0.550. The molecule has 86 valence electrons. The maximum Gasteiger partial charge on any atom is 0.286 e. The summed E-state index contributed by atoms with van der Waals surface area (Å²) in [5.41, 5.74) is -0.139. The number of aromatic nitrogens is 6. The van der Waals surface area contributed by atoms with Crippen molar-refractivity contribution in [3.05, 3.63) is 27.2 Å². The Morgan fingerprint density at radius 3 is 3.06 bits per heavy atom. The molecule has 9 heteroatoms. The first kappa shape index (κ1) is 9.90. The van der Waals surface area contributed by atoms with Crippen molar-refractivity contribution in [3.63, 3.8) is 0 Å². The van der Waals surface area contributed by atoms with Crippen molar-refractivity contribution in [2.24, 2.45) is 0 Å². The van der Waals surface area contributed by atoms with Crippen molar-refractivity contribution in [2.75, 3.05) is 0 Å². The van der Waals surface area contributed by atoms with Crippen molar-refractivity contribution in [1.29, 1.82) is 0 Å². The van der Waals surface area contributed by atoms with Crippen LogP contribution in [0.2, 0.25) is 0 Å². The van der Waals surface area contributed by atoms with E-state index in [9.17, 15) is 4.79 Å². The molecule has 3 aromatic heterocycles. The van der Waals surface area contributed by atoms with Gasteiger partial charge in [-0.25, -0.2) is 10.1 Å². The van der Waals surface area contributed by atoms with Gasteiger partial charge in [0.2, 0.25) is 0 Å². The summed E-state index contributed by atoms with van der Waals surface area (Å²) in [7, 11) is 0. The predicted molar refractivity (Wildman–Crippen MR) is 59.0 cm³/mol. The average molecular weight is 250 g/mol. The van der Waals surface area contributed by atoms with E-state index >= 15 is 0 Å². The quantitative estimate of drug-likeness (QED) is 0.607. The van der Waals surface area contributed by atoms with Crippen LogP contribution in [0.25, 0.3) is 17.2 Å². The molecule has 0 unspecified atom stereocenters. The Hall–Kier alpha value is -2.29. The molecule has 0 aliphatic carbocycles. The van der Waals surface area contributed by atoms with Gasteiger partial charge in [0.05, 0.1) is 0 Å². The molecule has 0 amide bonds. The lowest BCUT2D eigenvalue weighted by Crippen LogP contribution is -2.17. The number of hydrogen-bond donors (Lipinski definition) is 2. The van der Waals surface area contributed by atoms with Crippen molar-refractivity contribution in [3.8, 4) is 11.5 Å². The van der Waals surface area contributed by atoms with Crippen molar-refractivity contribution >= 4 is 18.0 Å². The number of nitrogens with one attached hydrogen (secondary N) is 2. The Labute approximate surface area is 98.3 Å². The Bertz CT molecular complexity index is 809. The second-order valence-corrected chi connectivity index (χ2v) is 3.71. The minimum absolute atomic E-state index is 0.102. The summed E-state index contributed by atoms with van der Waals surface area (Å²) < 4.78 is 6.29. The summed E-state index contributed by atoms with van der Waals surface area (Å²) in [5, 5.41) is 8.99. The van der Waals surface area contributed by atoms with Gasteiger partial charge >= 0.3 is 0 Å². The van der Waals surface area contributed by atoms with Crippen LogP contribution in [-0.2, 0) is 0 Å². The lowest BCUT2D eigenvalue weighted by atomic mass is 10.3. The topological polar surface area (TPSA) is 105 Å². The number of aromatic amines is 2. The monoisotopic (exact) mass is 250 g/mol. The number of H-pyrrole nitrogens is 2. The van der Waals surface area contributed by atoms with Gasteiger partial charge in [0.1, 0.15) is 11.4 Å². The molecule has 0 saturated carbocycles. The second-order valence-electron chi connectivity index (χ2n) is 3.34. The van der Waals surface area contributed by atoms with Crippen LogP contribution in [0.4, 0.5) is 0 Å². The fraction of sp³-hybridized carbons (Fsp3) is 0.125. The zero-order valence-corrected chi connectivity index (χ0v) is 9.41. The van der Waals surface area contributed by atoms with E-state index in [4.69, 9.17) is 16.6 Å². The van der Waals surface area contributed by atoms with Gasteiger partial charge in [-0.05, 0) is 19.1 Å². The minimum atomic E-state index is -0.346. The molecule has 8 nitrogen and oxygen atoms in total. The molecule has 3 heterocycles. The van der Waals surface area contributed by atoms with E-state index in [0.717, 1.165) is 0 Å². The first-order valence-corrected chi connectivity index (χ1v) is 5.06. The number of hydrogen-bond acceptors (Lipinski definition) is 6. The number of aryl methyl sites for hydroxylation is 1. The van der Waals surface area contributed by atoms with Crippen LogP contribution in [0, 0.1) is 11.8 Å². The summed E-state index contributed by atoms with van der Waals surface area (Å²) in [6.45, 7) is 1.73. The SMILES string of the molecule is Cc1nc2ncc(-c3n[nH]c(=S)o3)c(=O)n2[nH]1. The smallest absolute Gasteiger partial charge is 0.286 e. The standard InChI is InChI=1S/C8H6N6O2S/c1-3-10-7-9-2-4(6(15)14(7)13-3)5-11-12-8(17)16-5/h2H,1H3,(H,12,17)(H,9,10,13). The Kier molecular flexibility index (Phi) is 1.95. The van der Waals surface area contributed by atoms with Gasteiger partial charge in [-0.1, -0.05) is 0 Å². The highest BCUT2D eigenvalue weighted by Gasteiger charge is 2.13. The van der Waals surface area contributed by atoms with E-state index in [1.165, 1.54) is 10.7 Å². The minimum Gasteiger partial charge on any atom is -0.409 e. The molecule has 0 spiro atoms. The third kappa shape index (κ3) is 1.47. The van der Waals surface area contributed by atoms with E-state index in [2.05, 4.69) is 25.3 Å². The van der Waals surface area contributed by atoms with Gasteiger partial charge in [-0.15, -0.1) is 5.10 Å². The summed E-state index contributed by atoms with van der Waals surface area (Å²) in [4.78, 5) is 20.2. The highest BCUT2D eigenvalue weighted by molar-refractivity contribution is 7.71. The number of fused-ring (bicyclic) bond motifs is 1. The molecule has 0 aromatic carbocycles. The fourth-order valence-electron chi connectivity index (χ4n) is 1.45. The molecule has 0 aliphatic heterocycles. The third-order valence-electron chi connectivity index (χ3n) is 2.15. The van der Waals surface area contributed by atoms with Gasteiger partial charge in [0, 0.05) is 6.20 Å². The molecule has 3 rings (SSSR count). The molecule has 0 atom stereocenters. The van der Waals surface area contributed by atoms with Crippen LogP contribution in [0.1, 0.15) is 5.82 Å². The third-order valence-corrected chi connectivity index (χ3v) is 2.33. The van der Waals surface area contributed by atoms with E-state index in [1.54, 1.807) is 6.92 Å². The van der Waals surface area contributed by atoms with Crippen molar-refractivity contribution in [1.82, 2.24) is 29.8 Å². The van der Waals surface area contributed by atoms with Crippen LogP contribution < -0.4 is 5.56 Å². The average Bonchev–Trinajstić information content (AvgIpc) is 2.85. The van der Waals surface area contributed by atoms with Gasteiger partial charge in [0.25, 0.3) is 22.1 Å². The second kappa shape index (κ2) is 3.35. The summed E-state index contributed by atoms with van der Waals surface area (Å²) in [5.74, 6) is 0.995. The number of nitrogens with zero attached hydrogens (tertiary/aromatic N) is 4. The largest absolute Gasteiger partial charge is 0.409 e. The molecule has 0 saturated heterocycles. The first-order chi connectivity index (χ1) is 8.15. The van der Waals surface area contributed by atoms with Crippen LogP contribution in [-0.4, -0.2) is 29.8 Å². The number of rotatable bonds is 1. The van der Waals surface area contributed by atoms with Gasteiger partial charge < -0.3 is 4.42 Å². The molecule has 2 N–H and O–H groups in total. The van der Waals surface area contributed by atoms with Crippen LogP contribution in [0.3, 0.4) is 0 Å². The van der Waals surface area contributed by atoms with Crippen molar-refractivity contribution < 1.29 is 4.42 Å². The predicted octanol–water partition coefficient (Wildman–Crippen LogP) is 0.439. The molecular weight excluding hydrogens is 244 g/mol. The van der Waals surface area contributed by atoms with E-state index in [1.807, 2.05) is 0 Å². The molecule has 0 aliphatic rings. The molecule has 3 aromatic rings. The van der Waals surface area contributed by atoms with Gasteiger partial charge in [0.15, 0.2) is 0 Å².